The first-order chi connectivity index (χ1) is 10.6. The van der Waals surface area contributed by atoms with Gasteiger partial charge in [-0.2, -0.15) is 0 Å². The number of carbonyl (C=O) groups excluding carboxylic acids is 1. The lowest BCUT2D eigenvalue weighted by Crippen LogP contribution is -2.26. The summed E-state index contributed by atoms with van der Waals surface area (Å²) in [5.41, 5.74) is 1.94. The smallest absolute Gasteiger partial charge is 0.252 e. The molecule has 0 saturated heterocycles. The lowest BCUT2D eigenvalue weighted by Gasteiger charge is -2.16. The number of carbonyl (C=O) groups is 1. The first-order valence-electron chi connectivity index (χ1n) is 7.42. The summed E-state index contributed by atoms with van der Waals surface area (Å²) in [4.78, 5) is 14.7. The summed E-state index contributed by atoms with van der Waals surface area (Å²) in [7, 11) is 0. The Labute approximate surface area is 134 Å². The van der Waals surface area contributed by atoms with Gasteiger partial charge in [0.05, 0.1) is 11.6 Å². The fraction of sp³-hybridized carbons (Fsp3) is 0.211. The average Bonchev–Trinajstić information content (AvgIpc) is 2.85. The highest BCUT2D eigenvalue weighted by Crippen LogP contribution is 2.25. The summed E-state index contributed by atoms with van der Waals surface area (Å²) in [6, 6.07) is 16.4. The van der Waals surface area contributed by atoms with Crippen LogP contribution in [-0.2, 0) is 0 Å². The van der Waals surface area contributed by atoms with Gasteiger partial charge in [-0.05, 0) is 43.2 Å². The number of hydrogen-bond donors (Lipinski definition) is 1. The molecule has 2 aromatic carbocycles. The van der Waals surface area contributed by atoms with E-state index in [0.717, 1.165) is 16.0 Å². The Kier molecular flexibility index (Phi) is 3.99. The van der Waals surface area contributed by atoms with Crippen LogP contribution in [0.3, 0.4) is 0 Å². The molecule has 3 rings (SSSR count). The van der Waals surface area contributed by atoms with E-state index in [-0.39, 0.29) is 11.9 Å². The normalized spacial score (nSPS) is 12.3. The van der Waals surface area contributed by atoms with Crippen molar-refractivity contribution in [1.29, 1.82) is 0 Å². The molecular formula is C19H19NOS. The molecule has 1 atom stereocenters. The lowest BCUT2D eigenvalue weighted by atomic mass is 9.99. The maximum atomic E-state index is 12.5. The summed E-state index contributed by atoms with van der Waals surface area (Å²) in [6.45, 7) is 6.06. The number of thiophene rings is 1. The third-order valence-corrected chi connectivity index (χ3v) is 4.89. The number of rotatable bonds is 3. The fourth-order valence-electron chi connectivity index (χ4n) is 2.84. The fourth-order valence-corrected chi connectivity index (χ4v) is 3.76. The minimum atomic E-state index is -0.0294. The Bertz CT molecular complexity index is 829. The SMILES string of the molecule is Cc1cc(C(=O)N[C@H](C)c2cccc3ccccc23)c(C)s1. The second kappa shape index (κ2) is 5.93. The van der Waals surface area contributed by atoms with Gasteiger partial charge in [0.1, 0.15) is 0 Å². The molecule has 1 amide bonds. The molecule has 2 nitrogen and oxygen atoms in total. The van der Waals surface area contributed by atoms with Crippen LogP contribution in [0.25, 0.3) is 10.8 Å². The molecule has 0 bridgehead atoms. The van der Waals surface area contributed by atoms with Gasteiger partial charge in [0.15, 0.2) is 0 Å². The van der Waals surface area contributed by atoms with Crippen LogP contribution in [0.15, 0.2) is 48.5 Å². The van der Waals surface area contributed by atoms with Crippen molar-refractivity contribution in [2.24, 2.45) is 0 Å². The highest BCUT2D eigenvalue weighted by molar-refractivity contribution is 7.12. The number of amides is 1. The van der Waals surface area contributed by atoms with Crippen molar-refractivity contribution in [3.05, 3.63) is 69.4 Å². The van der Waals surface area contributed by atoms with Crippen LogP contribution in [0.4, 0.5) is 0 Å². The molecule has 0 aliphatic heterocycles. The summed E-state index contributed by atoms with van der Waals surface area (Å²) >= 11 is 1.66. The van der Waals surface area contributed by atoms with Gasteiger partial charge in [-0.15, -0.1) is 11.3 Å². The topological polar surface area (TPSA) is 29.1 Å². The van der Waals surface area contributed by atoms with Crippen LogP contribution in [0, 0.1) is 13.8 Å². The van der Waals surface area contributed by atoms with Crippen LogP contribution in [0.2, 0.25) is 0 Å². The van der Waals surface area contributed by atoms with Crippen molar-refractivity contribution in [1.82, 2.24) is 5.32 Å². The summed E-state index contributed by atoms with van der Waals surface area (Å²) in [5, 5.41) is 5.52. The predicted octanol–water partition coefficient (Wildman–Crippen LogP) is 5.01. The quantitative estimate of drug-likeness (QED) is 0.724. The third kappa shape index (κ3) is 2.77. The molecule has 1 heterocycles. The highest BCUT2D eigenvalue weighted by atomic mass is 32.1. The first kappa shape index (κ1) is 14.8. The zero-order valence-corrected chi connectivity index (χ0v) is 13.8. The van der Waals surface area contributed by atoms with Crippen molar-refractivity contribution in [3.63, 3.8) is 0 Å². The van der Waals surface area contributed by atoms with E-state index in [9.17, 15) is 4.79 Å². The molecule has 1 aromatic heterocycles. The standard InChI is InChI=1S/C19H19NOS/c1-12-11-18(14(3)22-12)19(21)20-13(2)16-10-6-8-15-7-4-5-9-17(15)16/h4-11,13H,1-3H3,(H,20,21)/t13-/m1/s1. The van der Waals surface area contributed by atoms with Gasteiger partial charge < -0.3 is 5.32 Å². The van der Waals surface area contributed by atoms with E-state index in [1.807, 2.05) is 45.0 Å². The molecule has 112 valence electrons. The van der Waals surface area contributed by atoms with Gasteiger partial charge >= 0.3 is 0 Å². The number of benzene rings is 2. The minimum Gasteiger partial charge on any atom is -0.345 e. The van der Waals surface area contributed by atoms with Gasteiger partial charge in [0, 0.05) is 9.75 Å². The zero-order valence-electron chi connectivity index (χ0n) is 13.0. The molecule has 3 aromatic rings. The third-order valence-electron chi connectivity index (χ3n) is 3.92. The molecule has 1 N–H and O–H groups in total. The molecule has 0 unspecified atom stereocenters. The monoisotopic (exact) mass is 309 g/mol. The van der Waals surface area contributed by atoms with Gasteiger partial charge in [-0.25, -0.2) is 0 Å². The predicted molar refractivity (Wildman–Crippen MR) is 93.6 cm³/mol. The van der Waals surface area contributed by atoms with Crippen molar-refractivity contribution in [2.75, 3.05) is 0 Å². The van der Waals surface area contributed by atoms with E-state index in [4.69, 9.17) is 0 Å². The van der Waals surface area contributed by atoms with Crippen molar-refractivity contribution >= 4 is 28.0 Å². The lowest BCUT2D eigenvalue weighted by molar-refractivity contribution is 0.0940. The van der Waals surface area contributed by atoms with Crippen LogP contribution in [0.5, 0.6) is 0 Å². The molecule has 0 saturated carbocycles. The van der Waals surface area contributed by atoms with E-state index in [1.165, 1.54) is 15.6 Å². The molecule has 0 aliphatic rings. The average molecular weight is 309 g/mol. The van der Waals surface area contributed by atoms with E-state index in [1.54, 1.807) is 11.3 Å². The number of hydrogen-bond acceptors (Lipinski definition) is 2. The summed E-state index contributed by atoms with van der Waals surface area (Å²) < 4.78 is 0. The van der Waals surface area contributed by atoms with Crippen molar-refractivity contribution in [3.8, 4) is 0 Å². The summed E-state index contributed by atoms with van der Waals surface area (Å²) in [5.74, 6) is 0.00211. The van der Waals surface area contributed by atoms with E-state index >= 15 is 0 Å². The Balaban J connectivity index is 1.89. The second-order valence-corrected chi connectivity index (χ2v) is 7.05. The van der Waals surface area contributed by atoms with E-state index < -0.39 is 0 Å². The van der Waals surface area contributed by atoms with E-state index in [2.05, 4.69) is 29.6 Å². The number of aryl methyl sites for hydroxylation is 2. The maximum absolute atomic E-state index is 12.5. The van der Waals surface area contributed by atoms with Gasteiger partial charge in [-0.1, -0.05) is 42.5 Å². The molecule has 0 spiro atoms. The van der Waals surface area contributed by atoms with E-state index in [0.29, 0.717) is 0 Å². The Morgan fingerprint density at radius 2 is 1.82 bits per heavy atom. The molecule has 22 heavy (non-hydrogen) atoms. The molecule has 0 fully saturated rings. The van der Waals surface area contributed by atoms with Crippen molar-refractivity contribution < 1.29 is 4.79 Å². The highest BCUT2D eigenvalue weighted by Gasteiger charge is 2.16. The number of fused-ring (bicyclic) bond motifs is 1. The minimum absolute atomic E-state index is 0.00211. The summed E-state index contributed by atoms with van der Waals surface area (Å²) in [6.07, 6.45) is 0. The van der Waals surface area contributed by atoms with Crippen LogP contribution in [-0.4, -0.2) is 5.91 Å². The van der Waals surface area contributed by atoms with Gasteiger partial charge in [-0.3, -0.25) is 4.79 Å². The molecular weight excluding hydrogens is 290 g/mol. The van der Waals surface area contributed by atoms with Crippen LogP contribution in [0.1, 0.15) is 38.6 Å². The Morgan fingerprint density at radius 3 is 2.55 bits per heavy atom. The van der Waals surface area contributed by atoms with Crippen LogP contribution >= 0.6 is 11.3 Å². The number of nitrogens with one attached hydrogen (secondary N) is 1. The van der Waals surface area contributed by atoms with Crippen LogP contribution < -0.4 is 5.32 Å². The molecule has 0 radical (unpaired) electrons. The van der Waals surface area contributed by atoms with Crippen molar-refractivity contribution in [2.45, 2.75) is 26.8 Å². The molecule has 0 aliphatic carbocycles. The zero-order chi connectivity index (χ0) is 15.7. The largest absolute Gasteiger partial charge is 0.345 e. The second-order valence-electron chi connectivity index (χ2n) is 5.59. The first-order valence-corrected chi connectivity index (χ1v) is 8.23. The van der Waals surface area contributed by atoms with Gasteiger partial charge in [0.25, 0.3) is 5.91 Å². The Morgan fingerprint density at radius 1 is 1.09 bits per heavy atom. The Hall–Kier alpha value is -2.13. The van der Waals surface area contributed by atoms with Gasteiger partial charge in [0.2, 0.25) is 0 Å². The maximum Gasteiger partial charge on any atom is 0.252 e. The molecule has 3 heteroatoms.